The lowest BCUT2D eigenvalue weighted by atomic mass is 9.96. The number of pyridine rings is 1. The maximum absolute atomic E-state index is 5.91. The molecule has 2 atom stereocenters. The van der Waals surface area contributed by atoms with Gasteiger partial charge in [-0.25, -0.2) is 0 Å². The number of hydrogen-bond donors (Lipinski definition) is 1. The van der Waals surface area contributed by atoms with Crippen molar-refractivity contribution in [3.8, 4) is 11.4 Å². The molecular formula is C29H30N4OS. The number of thiocarbonyl (C=S) groups is 1. The summed E-state index contributed by atoms with van der Waals surface area (Å²) in [5.41, 5.74) is 8.04. The molecule has 4 aromatic rings. The molecule has 1 N–H and O–H groups in total. The van der Waals surface area contributed by atoms with Crippen LogP contribution in [0, 0.1) is 20.8 Å². The quantitative estimate of drug-likeness (QED) is 0.323. The molecule has 0 spiro atoms. The summed E-state index contributed by atoms with van der Waals surface area (Å²) in [4.78, 5) is 6.91. The van der Waals surface area contributed by atoms with Gasteiger partial charge in [-0.1, -0.05) is 24.3 Å². The zero-order chi connectivity index (χ0) is 24.5. The number of benzene rings is 2. The highest BCUT2D eigenvalue weighted by Crippen LogP contribution is 2.44. The van der Waals surface area contributed by atoms with Gasteiger partial charge in [0.05, 0.1) is 24.4 Å². The first-order chi connectivity index (χ1) is 17.0. The average molecular weight is 483 g/mol. The van der Waals surface area contributed by atoms with Gasteiger partial charge in [-0.3, -0.25) is 4.98 Å². The Kier molecular flexibility index (Phi) is 6.31. The standard InChI is InChI=1S/C29H30N4OS/c1-5-34-23-15-13-22(14-16-23)33-28(27(31-29(33)35)25-11-8-9-17-30-25)24-18-20(3)32(21(24)4)26-12-7-6-10-19(26)2/h6-18,27-28H,5H2,1-4H3,(H,31,35)/t27-,28+/m1/s1. The van der Waals surface area contributed by atoms with Crippen molar-refractivity contribution in [2.75, 3.05) is 11.5 Å². The number of rotatable bonds is 6. The summed E-state index contributed by atoms with van der Waals surface area (Å²) in [5.74, 6) is 0.852. The first-order valence-electron chi connectivity index (χ1n) is 12.0. The third kappa shape index (κ3) is 4.19. The van der Waals surface area contributed by atoms with E-state index in [-0.39, 0.29) is 12.1 Å². The van der Waals surface area contributed by atoms with Gasteiger partial charge in [0.25, 0.3) is 0 Å². The van der Waals surface area contributed by atoms with Crippen LogP contribution in [-0.2, 0) is 0 Å². The zero-order valence-electron chi connectivity index (χ0n) is 20.5. The highest BCUT2D eigenvalue weighted by molar-refractivity contribution is 7.80. The Balaban J connectivity index is 1.65. The predicted molar refractivity (Wildman–Crippen MR) is 146 cm³/mol. The molecule has 3 heterocycles. The molecule has 0 unspecified atom stereocenters. The Labute approximate surface area is 212 Å². The Morgan fingerprint density at radius 1 is 0.971 bits per heavy atom. The molecule has 6 heteroatoms. The third-order valence-corrected chi connectivity index (χ3v) is 6.98. The molecule has 1 saturated heterocycles. The smallest absolute Gasteiger partial charge is 0.174 e. The van der Waals surface area contributed by atoms with Gasteiger partial charge in [-0.2, -0.15) is 0 Å². The van der Waals surface area contributed by atoms with E-state index in [1.165, 1.54) is 28.2 Å². The average Bonchev–Trinajstić information content (AvgIpc) is 3.36. The summed E-state index contributed by atoms with van der Waals surface area (Å²) in [7, 11) is 0. The molecule has 0 aliphatic carbocycles. The van der Waals surface area contributed by atoms with Crippen molar-refractivity contribution in [3.05, 3.63) is 107 Å². The monoisotopic (exact) mass is 482 g/mol. The van der Waals surface area contributed by atoms with Crippen molar-refractivity contribution < 1.29 is 4.74 Å². The molecule has 1 aliphatic heterocycles. The molecular weight excluding hydrogens is 452 g/mol. The minimum atomic E-state index is -0.0823. The van der Waals surface area contributed by atoms with Crippen LogP contribution < -0.4 is 15.0 Å². The van der Waals surface area contributed by atoms with Gasteiger partial charge in [0.1, 0.15) is 5.75 Å². The molecule has 1 aliphatic rings. The number of anilines is 1. The van der Waals surface area contributed by atoms with Crippen molar-refractivity contribution in [1.82, 2.24) is 14.9 Å². The van der Waals surface area contributed by atoms with Gasteiger partial charge in [0.2, 0.25) is 0 Å². The van der Waals surface area contributed by atoms with Crippen LogP contribution in [0.25, 0.3) is 5.69 Å². The second-order valence-electron chi connectivity index (χ2n) is 8.87. The van der Waals surface area contributed by atoms with Crippen LogP contribution in [-0.4, -0.2) is 21.3 Å². The Bertz CT molecular complexity index is 1350. The highest BCUT2D eigenvalue weighted by Gasteiger charge is 2.42. The number of ether oxygens (including phenoxy) is 1. The predicted octanol–water partition coefficient (Wildman–Crippen LogP) is 6.37. The summed E-state index contributed by atoms with van der Waals surface area (Å²) in [6, 6.07) is 24.9. The summed E-state index contributed by atoms with van der Waals surface area (Å²) < 4.78 is 8.02. The number of nitrogens with one attached hydrogen (secondary N) is 1. The number of hydrogen-bond acceptors (Lipinski definition) is 3. The molecule has 2 aromatic heterocycles. The maximum Gasteiger partial charge on any atom is 0.174 e. The molecule has 5 rings (SSSR count). The molecule has 2 aromatic carbocycles. The number of aromatic nitrogens is 2. The van der Waals surface area contributed by atoms with Crippen molar-refractivity contribution in [1.29, 1.82) is 0 Å². The molecule has 1 fully saturated rings. The zero-order valence-corrected chi connectivity index (χ0v) is 21.3. The number of para-hydroxylation sites is 1. The lowest BCUT2D eigenvalue weighted by molar-refractivity contribution is 0.340. The van der Waals surface area contributed by atoms with Crippen LogP contribution in [0.4, 0.5) is 5.69 Å². The van der Waals surface area contributed by atoms with Gasteiger partial charge < -0.3 is 19.5 Å². The molecule has 0 amide bonds. The van der Waals surface area contributed by atoms with E-state index < -0.39 is 0 Å². The van der Waals surface area contributed by atoms with Crippen LogP contribution in [0.1, 0.15) is 47.2 Å². The Morgan fingerprint density at radius 3 is 2.40 bits per heavy atom. The van der Waals surface area contributed by atoms with E-state index in [4.69, 9.17) is 21.9 Å². The van der Waals surface area contributed by atoms with Crippen molar-refractivity contribution in [2.45, 2.75) is 39.8 Å². The van der Waals surface area contributed by atoms with Crippen LogP contribution in [0.2, 0.25) is 0 Å². The van der Waals surface area contributed by atoms with E-state index in [2.05, 4.69) is 84.1 Å². The topological polar surface area (TPSA) is 42.3 Å². The lowest BCUT2D eigenvalue weighted by Gasteiger charge is -2.28. The van der Waals surface area contributed by atoms with Crippen LogP contribution in [0.5, 0.6) is 5.75 Å². The van der Waals surface area contributed by atoms with Gasteiger partial charge in [-0.05, 0) is 99.6 Å². The van der Waals surface area contributed by atoms with Crippen molar-refractivity contribution in [2.24, 2.45) is 0 Å². The largest absolute Gasteiger partial charge is 0.494 e. The van der Waals surface area contributed by atoms with Crippen LogP contribution in [0.15, 0.2) is 79.0 Å². The van der Waals surface area contributed by atoms with Gasteiger partial charge in [0, 0.05) is 29.0 Å². The first-order valence-corrected chi connectivity index (χ1v) is 12.4. The fraction of sp³-hybridized carbons (Fsp3) is 0.241. The van der Waals surface area contributed by atoms with Crippen LogP contribution >= 0.6 is 12.2 Å². The number of nitrogens with zero attached hydrogens (tertiary/aromatic N) is 3. The van der Waals surface area contributed by atoms with Crippen molar-refractivity contribution >= 4 is 23.0 Å². The van der Waals surface area contributed by atoms with E-state index in [0.717, 1.165) is 17.1 Å². The fourth-order valence-electron chi connectivity index (χ4n) is 5.09. The van der Waals surface area contributed by atoms with Crippen molar-refractivity contribution in [3.63, 3.8) is 0 Å². The molecule has 0 bridgehead atoms. The van der Waals surface area contributed by atoms with E-state index in [1.807, 2.05) is 37.4 Å². The van der Waals surface area contributed by atoms with Gasteiger partial charge in [0.15, 0.2) is 5.11 Å². The SMILES string of the molecule is CCOc1ccc(N2C(=S)N[C@H](c3ccccn3)[C@@H]2c2cc(C)n(-c3ccccc3C)c2C)cc1. The maximum atomic E-state index is 5.91. The Morgan fingerprint density at radius 2 is 1.71 bits per heavy atom. The summed E-state index contributed by atoms with van der Waals surface area (Å²) in [6.07, 6.45) is 1.84. The van der Waals surface area contributed by atoms with Gasteiger partial charge >= 0.3 is 0 Å². The second kappa shape index (κ2) is 9.55. The second-order valence-corrected chi connectivity index (χ2v) is 9.26. The van der Waals surface area contributed by atoms with E-state index in [0.29, 0.717) is 11.7 Å². The summed E-state index contributed by atoms with van der Waals surface area (Å²) in [5, 5.41) is 4.26. The van der Waals surface area contributed by atoms with E-state index in [1.54, 1.807) is 0 Å². The fourth-order valence-corrected chi connectivity index (χ4v) is 5.44. The molecule has 0 saturated carbocycles. The van der Waals surface area contributed by atoms with E-state index in [9.17, 15) is 0 Å². The molecule has 178 valence electrons. The normalized spacial score (nSPS) is 17.5. The van der Waals surface area contributed by atoms with Crippen LogP contribution in [0.3, 0.4) is 0 Å². The number of aryl methyl sites for hydroxylation is 2. The summed E-state index contributed by atoms with van der Waals surface area (Å²) >= 11 is 5.91. The highest BCUT2D eigenvalue weighted by atomic mass is 32.1. The van der Waals surface area contributed by atoms with E-state index >= 15 is 0 Å². The molecule has 35 heavy (non-hydrogen) atoms. The lowest BCUT2D eigenvalue weighted by Crippen LogP contribution is -2.29. The minimum absolute atomic E-state index is 0.0562. The molecule has 0 radical (unpaired) electrons. The summed E-state index contributed by atoms with van der Waals surface area (Å²) in [6.45, 7) is 9.15. The Hall–Kier alpha value is -3.64. The third-order valence-electron chi connectivity index (χ3n) is 6.67. The minimum Gasteiger partial charge on any atom is -0.494 e. The first kappa shape index (κ1) is 23.1. The van der Waals surface area contributed by atoms with Gasteiger partial charge in [-0.15, -0.1) is 0 Å². The molecule has 5 nitrogen and oxygen atoms in total.